The first-order valence-electron chi connectivity index (χ1n) is 7.79. The molecule has 1 fully saturated rings. The summed E-state index contributed by atoms with van der Waals surface area (Å²) >= 11 is 5.93. The lowest BCUT2D eigenvalue weighted by Gasteiger charge is -2.21. The summed E-state index contributed by atoms with van der Waals surface area (Å²) in [6.07, 6.45) is 0.907. The highest BCUT2D eigenvalue weighted by molar-refractivity contribution is 7.89. The molecule has 1 aromatic carbocycles. The van der Waals surface area contributed by atoms with Crippen LogP contribution in [0.1, 0.15) is 12.0 Å². The lowest BCUT2D eigenvalue weighted by Crippen LogP contribution is -2.43. The van der Waals surface area contributed by atoms with Gasteiger partial charge in [-0.1, -0.05) is 23.7 Å². The fourth-order valence-electron chi connectivity index (χ4n) is 2.57. The summed E-state index contributed by atoms with van der Waals surface area (Å²) in [6.45, 7) is 0.683. The van der Waals surface area contributed by atoms with Gasteiger partial charge in [-0.05, 0) is 24.1 Å². The number of ether oxygens (including phenoxy) is 1. The lowest BCUT2D eigenvalue weighted by atomic mass is 10.1. The fraction of sp³-hybridized carbons (Fsp3) is 0.562. The second-order valence-corrected chi connectivity index (χ2v) is 8.83. The molecule has 6 nitrogen and oxygen atoms in total. The van der Waals surface area contributed by atoms with Gasteiger partial charge >= 0.3 is 0 Å². The number of carbonyl (C=O) groups excluding carboxylic acids is 1. The number of benzene rings is 1. The fourth-order valence-corrected chi connectivity index (χ4v) is 3.95. The molecule has 24 heavy (non-hydrogen) atoms. The Kier molecular flexibility index (Phi) is 6.62. The standard InChI is InChI=1S/C16H23ClN2O4S/c1-19(2)24(21,22)11-13-9-23-10-15(13)18-16(20)7-6-12-4-3-5-14(17)8-12/h3-5,8,13,15H,6-7,9-11H2,1-2H3,(H,18,20)/t13-,15+/m0/s1. The maximum absolute atomic E-state index is 12.1. The van der Waals surface area contributed by atoms with E-state index in [1.807, 2.05) is 18.2 Å². The first-order valence-corrected chi connectivity index (χ1v) is 9.78. The number of rotatable bonds is 7. The van der Waals surface area contributed by atoms with E-state index >= 15 is 0 Å². The molecule has 0 aromatic heterocycles. The Bertz CT molecular complexity index is 678. The monoisotopic (exact) mass is 374 g/mol. The van der Waals surface area contributed by atoms with Gasteiger partial charge in [-0.15, -0.1) is 0 Å². The summed E-state index contributed by atoms with van der Waals surface area (Å²) in [7, 11) is -0.316. The normalized spacial score (nSPS) is 21.2. The Labute approximate surface area is 148 Å². The molecule has 1 aliphatic rings. The topological polar surface area (TPSA) is 75.7 Å². The summed E-state index contributed by atoms with van der Waals surface area (Å²) in [5.74, 6) is -0.371. The summed E-state index contributed by atoms with van der Waals surface area (Å²) in [5.41, 5.74) is 0.993. The molecule has 1 aromatic rings. The van der Waals surface area contributed by atoms with Crippen molar-refractivity contribution >= 4 is 27.5 Å². The van der Waals surface area contributed by atoms with Gasteiger partial charge in [0.05, 0.1) is 25.0 Å². The molecule has 8 heteroatoms. The van der Waals surface area contributed by atoms with Crippen LogP contribution in [0.25, 0.3) is 0 Å². The minimum atomic E-state index is -3.32. The number of amides is 1. The number of halogens is 1. The summed E-state index contributed by atoms with van der Waals surface area (Å²) < 4.78 is 30.6. The van der Waals surface area contributed by atoms with Crippen molar-refractivity contribution in [2.24, 2.45) is 5.92 Å². The number of nitrogens with zero attached hydrogens (tertiary/aromatic N) is 1. The first-order chi connectivity index (χ1) is 11.3. The van der Waals surface area contributed by atoms with Crippen LogP contribution < -0.4 is 5.32 Å². The summed E-state index contributed by atoms with van der Waals surface area (Å²) in [6, 6.07) is 7.12. The van der Waals surface area contributed by atoms with Gasteiger partial charge in [0.25, 0.3) is 0 Å². The predicted molar refractivity (Wildman–Crippen MR) is 93.5 cm³/mol. The van der Waals surface area contributed by atoms with Crippen LogP contribution in [0.3, 0.4) is 0 Å². The van der Waals surface area contributed by atoms with Gasteiger partial charge < -0.3 is 10.1 Å². The van der Waals surface area contributed by atoms with E-state index in [4.69, 9.17) is 16.3 Å². The highest BCUT2D eigenvalue weighted by atomic mass is 35.5. The van der Waals surface area contributed by atoms with Crippen molar-refractivity contribution in [1.82, 2.24) is 9.62 Å². The van der Waals surface area contributed by atoms with Crippen molar-refractivity contribution in [3.63, 3.8) is 0 Å². The third kappa shape index (κ3) is 5.44. The zero-order valence-corrected chi connectivity index (χ0v) is 15.4. The van der Waals surface area contributed by atoms with Gasteiger partial charge in [-0.3, -0.25) is 4.79 Å². The molecular weight excluding hydrogens is 352 g/mol. The van der Waals surface area contributed by atoms with Crippen LogP contribution in [0, 0.1) is 5.92 Å². The number of carbonyl (C=O) groups is 1. The Morgan fingerprint density at radius 1 is 1.38 bits per heavy atom. The molecule has 0 spiro atoms. The SMILES string of the molecule is CN(C)S(=O)(=O)C[C@@H]1COC[C@H]1NC(=O)CCc1cccc(Cl)c1. The number of hydrogen-bond donors (Lipinski definition) is 1. The summed E-state index contributed by atoms with van der Waals surface area (Å²) in [4.78, 5) is 12.1. The van der Waals surface area contributed by atoms with Crippen molar-refractivity contribution in [3.05, 3.63) is 34.9 Å². The van der Waals surface area contributed by atoms with E-state index in [2.05, 4.69) is 5.32 Å². The maximum atomic E-state index is 12.1. The van der Waals surface area contributed by atoms with Crippen LogP contribution in [0.2, 0.25) is 5.02 Å². The van der Waals surface area contributed by atoms with Gasteiger partial charge in [0.15, 0.2) is 0 Å². The average molecular weight is 375 g/mol. The van der Waals surface area contributed by atoms with E-state index in [0.29, 0.717) is 31.1 Å². The van der Waals surface area contributed by atoms with Crippen molar-refractivity contribution in [3.8, 4) is 0 Å². The lowest BCUT2D eigenvalue weighted by molar-refractivity contribution is -0.121. The highest BCUT2D eigenvalue weighted by Crippen LogP contribution is 2.18. The van der Waals surface area contributed by atoms with E-state index in [1.165, 1.54) is 18.4 Å². The zero-order valence-electron chi connectivity index (χ0n) is 13.9. The smallest absolute Gasteiger partial charge is 0.220 e. The van der Waals surface area contributed by atoms with E-state index in [1.54, 1.807) is 6.07 Å². The van der Waals surface area contributed by atoms with Crippen LogP contribution in [0.5, 0.6) is 0 Å². The number of sulfonamides is 1. The molecule has 1 amide bonds. The molecule has 0 saturated carbocycles. The Balaban J connectivity index is 1.86. The minimum Gasteiger partial charge on any atom is -0.379 e. The van der Waals surface area contributed by atoms with E-state index < -0.39 is 10.0 Å². The molecule has 0 unspecified atom stereocenters. The van der Waals surface area contributed by atoms with Crippen LogP contribution in [-0.2, 0) is 26.0 Å². The Morgan fingerprint density at radius 2 is 2.12 bits per heavy atom. The van der Waals surface area contributed by atoms with Gasteiger partial charge in [0.2, 0.25) is 15.9 Å². The van der Waals surface area contributed by atoms with Crippen molar-refractivity contribution in [2.45, 2.75) is 18.9 Å². The average Bonchev–Trinajstić information content (AvgIpc) is 2.91. The Hall–Kier alpha value is -1.15. The van der Waals surface area contributed by atoms with Crippen LogP contribution in [-0.4, -0.2) is 57.7 Å². The van der Waals surface area contributed by atoms with E-state index in [-0.39, 0.29) is 23.6 Å². The van der Waals surface area contributed by atoms with E-state index in [0.717, 1.165) is 5.56 Å². The largest absolute Gasteiger partial charge is 0.379 e. The van der Waals surface area contributed by atoms with Gasteiger partial charge in [-0.2, -0.15) is 0 Å². The molecule has 2 rings (SSSR count). The van der Waals surface area contributed by atoms with Crippen LogP contribution in [0.15, 0.2) is 24.3 Å². The second kappa shape index (κ2) is 8.29. The predicted octanol–water partition coefficient (Wildman–Crippen LogP) is 1.30. The van der Waals surface area contributed by atoms with Crippen molar-refractivity contribution in [2.75, 3.05) is 33.1 Å². The molecule has 0 aliphatic carbocycles. The third-order valence-electron chi connectivity index (χ3n) is 4.06. The number of aryl methyl sites for hydroxylation is 1. The molecule has 1 N–H and O–H groups in total. The van der Waals surface area contributed by atoms with Gasteiger partial charge in [-0.25, -0.2) is 12.7 Å². The molecular formula is C16H23ClN2O4S. The number of nitrogens with one attached hydrogen (secondary N) is 1. The molecule has 134 valence electrons. The molecule has 0 bridgehead atoms. The zero-order chi connectivity index (χ0) is 17.7. The van der Waals surface area contributed by atoms with Gasteiger partial charge in [0.1, 0.15) is 0 Å². The van der Waals surface area contributed by atoms with Crippen LogP contribution >= 0.6 is 11.6 Å². The van der Waals surface area contributed by atoms with E-state index in [9.17, 15) is 13.2 Å². The Morgan fingerprint density at radius 3 is 2.79 bits per heavy atom. The molecule has 0 radical (unpaired) electrons. The number of hydrogen-bond acceptors (Lipinski definition) is 4. The summed E-state index contributed by atoms with van der Waals surface area (Å²) in [5, 5.41) is 3.54. The van der Waals surface area contributed by atoms with Gasteiger partial charge in [0, 0.05) is 31.5 Å². The minimum absolute atomic E-state index is 0.0285. The van der Waals surface area contributed by atoms with Crippen molar-refractivity contribution < 1.29 is 17.9 Å². The molecule has 1 heterocycles. The van der Waals surface area contributed by atoms with Crippen LogP contribution in [0.4, 0.5) is 0 Å². The molecule has 1 aliphatic heterocycles. The van der Waals surface area contributed by atoms with Crippen molar-refractivity contribution in [1.29, 1.82) is 0 Å². The first kappa shape index (κ1) is 19.2. The molecule has 1 saturated heterocycles. The quantitative estimate of drug-likeness (QED) is 0.780. The third-order valence-corrected chi connectivity index (χ3v) is 6.25. The molecule has 2 atom stereocenters. The maximum Gasteiger partial charge on any atom is 0.220 e. The highest BCUT2D eigenvalue weighted by Gasteiger charge is 2.33. The second-order valence-electron chi connectivity index (χ2n) is 6.16.